The van der Waals surface area contributed by atoms with Gasteiger partial charge in [0.1, 0.15) is 6.61 Å². The van der Waals surface area contributed by atoms with Crippen LogP contribution in [0.1, 0.15) is 12.5 Å². The van der Waals surface area contributed by atoms with Crippen LogP contribution in [0, 0.1) is 12.7 Å². The zero-order chi connectivity index (χ0) is 12.1. The van der Waals surface area contributed by atoms with E-state index in [1.807, 2.05) is 6.92 Å². The van der Waals surface area contributed by atoms with E-state index in [0.29, 0.717) is 5.57 Å². The number of hydrogen-bond donors (Lipinski definition) is 1. The van der Waals surface area contributed by atoms with Crippen molar-refractivity contribution in [2.45, 2.75) is 13.8 Å². The molecule has 16 heavy (non-hydrogen) atoms. The Kier molecular flexibility index (Phi) is 4.05. The van der Waals surface area contributed by atoms with Gasteiger partial charge in [0, 0.05) is 6.08 Å². The van der Waals surface area contributed by atoms with Gasteiger partial charge in [0.25, 0.3) is 0 Å². The summed E-state index contributed by atoms with van der Waals surface area (Å²) in [4.78, 5) is 10.3. The Hall–Kier alpha value is -1.84. The number of aliphatic carboxylic acids is 1. The van der Waals surface area contributed by atoms with Crippen molar-refractivity contribution in [3.63, 3.8) is 0 Å². The Morgan fingerprint density at radius 1 is 1.56 bits per heavy atom. The summed E-state index contributed by atoms with van der Waals surface area (Å²) in [6, 6.07) is 4.53. The summed E-state index contributed by atoms with van der Waals surface area (Å²) >= 11 is 0. The summed E-state index contributed by atoms with van der Waals surface area (Å²) in [7, 11) is 0. The summed E-state index contributed by atoms with van der Waals surface area (Å²) in [5, 5.41) is 8.47. The van der Waals surface area contributed by atoms with E-state index < -0.39 is 11.8 Å². The molecule has 0 unspecified atom stereocenters. The quantitative estimate of drug-likeness (QED) is 0.799. The zero-order valence-corrected chi connectivity index (χ0v) is 9.16. The van der Waals surface area contributed by atoms with Crippen LogP contribution in [-0.4, -0.2) is 17.7 Å². The molecule has 0 amide bonds. The van der Waals surface area contributed by atoms with Crippen LogP contribution in [0.5, 0.6) is 5.75 Å². The van der Waals surface area contributed by atoms with Crippen LogP contribution in [0.4, 0.5) is 4.39 Å². The lowest BCUT2D eigenvalue weighted by Crippen LogP contribution is -2.02. The molecule has 0 bridgehead atoms. The predicted molar refractivity (Wildman–Crippen MR) is 58.0 cm³/mol. The van der Waals surface area contributed by atoms with Gasteiger partial charge < -0.3 is 9.84 Å². The van der Waals surface area contributed by atoms with Crippen molar-refractivity contribution in [1.29, 1.82) is 0 Å². The van der Waals surface area contributed by atoms with Crippen LogP contribution >= 0.6 is 0 Å². The number of rotatable bonds is 4. The van der Waals surface area contributed by atoms with Crippen molar-refractivity contribution in [2.24, 2.45) is 0 Å². The van der Waals surface area contributed by atoms with Crippen molar-refractivity contribution < 1.29 is 19.0 Å². The zero-order valence-electron chi connectivity index (χ0n) is 9.16. The van der Waals surface area contributed by atoms with Gasteiger partial charge in [0.05, 0.1) is 0 Å². The maximum Gasteiger partial charge on any atom is 0.328 e. The summed E-state index contributed by atoms with van der Waals surface area (Å²) < 4.78 is 18.4. The monoisotopic (exact) mass is 224 g/mol. The van der Waals surface area contributed by atoms with E-state index in [0.717, 1.165) is 11.6 Å². The Bertz CT molecular complexity index is 424. The van der Waals surface area contributed by atoms with E-state index in [-0.39, 0.29) is 12.4 Å². The molecule has 0 radical (unpaired) electrons. The van der Waals surface area contributed by atoms with Crippen LogP contribution in [0.2, 0.25) is 0 Å². The Morgan fingerprint density at radius 2 is 2.25 bits per heavy atom. The topological polar surface area (TPSA) is 46.5 Å². The fourth-order valence-electron chi connectivity index (χ4n) is 1.17. The fourth-order valence-corrected chi connectivity index (χ4v) is 1.17. The van der Waals surface area contributed by atoms with Crippen LogP contribution < -0.4 is 4.74 Å². The maximum atomic E-state index is 13.2. The van der Waals surface area contributed by atoms with E-state index in [1.54, 1.807) is 19.1 Å². The minimum Gasteiger partial charge on any atom is -0.486 e. The van der Waals surface area contributed by atoms with Crippen molar-refractivity contribution in [2.75, 3.05) is 6.61 Å². The highest BCUT2D eigenvalue weighted by Gasteiger charge is 2.03. The highest BCUT2D eigenvalue weighted by atomic mass is 19.1. The molecule has 86 valence electrons. The summed E-state index contributed by atoms with van der Waals surface area (Å²) in [5.41, 5.74) is 1.41. The largest absolute Gasteiger partial charge is 0.486 e. The van der Waals surface area contributed by atoms with Crippen molar-refractivity contribution >= 4 is 5.97 Å². The molecular weight excluding hydrogens is 211 g/mol. The molecule has 0 saturated heterocycles. The molecule has 0 aliphatic rings. The van der Waals surface area contributed by atoms with Gasteiger partial charge in [-0.3, -0.25) is 0 Å². The second-order valence-corrected chi connectivity index (χ2v) is 3.55. The molecule has 3 nitrogen and oxygen atoms in total. The van der Waals surface area contributed by atoms with Crippen LogP contribution in [-0.2, 0) is 4.79 Å². The maximum absolute atomic E-state index is 13.2. The number of ether oxygens (including phenoxy) is 1. The van der Waals surface area contributed by atoms with Crippen LogP contribution in [0.15, 0.2) is 29.8 Å². The lowest BCUT2D eigenvalue weighted by atomic mass is 10.2. The van der Waals surface area contributed by atoms with Gasteiger partial charge in [-0.05, 0) is 37.1 Å². The molecule has 0 saturated carbocycles. The van der Waals surface area contributed by atoms with Gasteiger partial charge >= 0.3 is 5.97 Å². The summed E-state index contributed by atoms with van der Waals surface area (Å²) in [6.45, 7) is 3.50. The van der Waals surface area contributed by atoms with Crippen molar-refractivity contribution in [3.05, 3.63) is 41.2 Å². The molecule has 0 atom stereocenters. The average molecular weight is 224 g/mol. The molecule has 1 aromatic rings. The van der Waals surface area contributed by atoms with Crippen LogP contribution in [0.25, 0.3) is 0 Å². The third-order valence-electron chi connectivity index (χ3n) is 1.91. The van der Waals surface area contributed by atoms with Crippen molar-refractivity contribution in [1.82, 2.24) is 0 Å². The third kappa shape index (κ3) is 3.73. The van der Waals surface area contributed by atoms with Gasteiger partial charge in [-0.2, -0.15) is 0 Å². The van der Waals surface area contributed by atoms with Gasteiger partial charge in [-0.15, -0.1) is 0 Å². The minimum atomic E-state index is -1.04. The van der Waals surface area contributed by atoms with Gasteiger partial charge in [0.2, 0.25) is 0 Å². The summed E-state index contributed by atoms with van der Waals surface area (Å²) in [5.74, 6) is -1.35. The van der Waals surface area contributed by atoms with Gasteiger partial charge in [-0.1, -0.05) is 6.07 Å². The highest BCUT2D eigenvalue weighted by molar-refractivity contribution is 5.80. The van der Waals surface area contributed by atoms with E-state index >= 15 is 0 Å². The molecule has 0 aromatic heterocycles. The number of carboxylic acids is 1. The first kappa shape index (κ1) is 12.2. The third-order valence-corrected chi connectivity index (χ3v) is 1.91. The highest BCUT2D eigenvalue weighted by Crippen LogP contribution is 2.18. The SMILES string of the molecule is CC(=CC(=O)O)COc1cc(C)ccc1F. The molecule has 0 spiro atoms. The number of benzene rings is 1. The molecule has 0 heterocycles. The minimum absolute atomic E-state index is 0.0622. The van der Waals surface area contributed by atoms with Crippen molar-refractivity contribution in [3.8, 4) is 5.75 Å². The second kappa shape index (κ2) is 5.30. The van der Waals surface area contributed by atoms with E-state index in [4.69, 9.17) is 9.84 Å². The molecule has 1 rings (SSSR count). The number of carbonyl (C=O) groups is 1. The Morgan fingerprint density at radius 3 is 2.88 bits per heavy atom. The summed E-state index contributed by atoms with van der Waals surface area (Å²) in [6.07, 6.45) is 1.04. The first-order valence-electron chi connectivity index (χ1n) is 4.78. The molecule has 1 aromatic carbocycles. The second-order valence-electron chi connectivity index (χ2n) is 3.55. The average Bonchev–Trinajstić information content (AvgIpc) is 2.18. The van der Waals surface area contributed by atoms with Gasteiger partial charge in [0.15, 0.2) is 11.6 Å². The van der Waals surface area contributed by atoms with E-state index in [2.05, 4.69) is 0 Å². The number of aryl methyl sites for hydroxylation is 1. The number of halogens is 1. The Labute approximate surface area is 93.2 Å². The Balaban J connectivity index is 2.68. The lowest BCUT2D eigenvalue weighted by molar-refractivity contribution is -0.131. The number of carboxylic acid groups (broad SMARTS) is 1. The van der Waals surface area contributed by atoms with Crippen LogP contribution in [0.3, 0.4) is 0 Å². The van der Waals surface area contributed by atoms with Gasteiger partial charge in [-0.25, -0.2) is 9.18 Å². The van der Waals surface area contributed by atoms with E-state index in [1.165, 1.54) is 6.07 Å². The first-order valence-corrected chi connectivity index (χ1v) is 4.78. The fraction of sp³-hybridized carbons (Fsp3) is 0.250. The lowest BCUT2D eigenvalue weighted by Gasteiger charge is -2.07. The molecule has 0 aliphatic heterocycles. The predicted octanol–water partition coefficient (Wildman–Crippen LogP) is 2.54. The molecular formula is C12H13FO3. The number of hydrogen-bond acceptors (Lipinski definition) is 2. The smallest absolute Gasteiger partial charge is 0.328 e. The standard InChI is InChI=1S/C12H13FO3/c1-8-3-4-10(13)11(5-8)16-7-9(2)6-12(14)15/h3-6H,7H2,1-2H3,(H,14,15). The van der Waals surface area contributed by atoms with E-state index in [9.17, 15) is 9.18 Å². The normalized spacial score (nSPS) is 11.3. The molecule has 1 N–H and O–H groups in total. The molecule has 0 aliphatic carbocycles. The first-order chi connectivity index (χ1) is 7.49. The molecule has 0 fully saturated rings. The molecule has 4 heteroatoms.